The third-order valence-electron chi connectivity index (χ3n) is 4.62. The van der Waals surface area contributed by atoms with Crippen LogP contribution in [0.5, 0.6) is 5.75 Å². The molecule has 2 aromatic rings. The highest BCUT2D eigenvalue weighted by Crippen LogP contribution is 2.36. The van der Waals surface area contributed by atoms with E-state index in [1.165, 1.54) is 0 Å². The molecular formula is C17H19N5O2. The van der Waals surface area contributed by atoms with Gasteiger partial charge in [-0.15, -0.1) is 5.10 Å². The molecule has 1 unspecified atom stereocenters. The van der Waals surface area contributed by atoms with Crippen LogP contribution in [0, 0.1) is 0 Å². The minimum atomic E-state index is -0.343. The summed E-state index contributed by atoms with van der Waals surface area (Å²) in [6.45, 7) is 1.27. The van der Waals surface area contributed by atoms with Crippen molar-refractivity contribution in [2.75, 3.05) is 18.8 Å². The lowest BCUT2D eigenvalue weighted by atomic mass is 9.91. The van der Waals surface area contributed by atoms with E-state index >= 15 is 0 Å². The number of amides is 1. The number of likely N-dealkylation sites (tertiary alicyclic amines) is 1. The first-order chi connectivity index (χ1) is 11.7. The van der Waals surface area contributed by atoms with Gasteiger partial charge in [-0.1, -0.05) is 24.3 Å². The molecule has 1 amide bonds. The monoisotopic (exact) mass is 325 g/mol. The van der Waals surface area contributed by atoms with Crippen LogP contribution in [0.2, 0.25) is 0 Å². The van der Waals surface area contributed by atoms with Crippen molar-refractivity contribution in [3.8, 4) is 5.75 Å². The number of rotatable bonds is 1. The van der Waals surface area contributed by atoms with E-state index in [2.05, 4.69) is 27.3 Å². The molecular weight excluding hydrogens is 306 g/mol. The van der Waals surface area contributed by atoms with Gasteiger partial charge in [-0.25, -0.2) is 0 Å². The first-order valence-electron chi connectivity index (χ1n) is 8.10. The number of hydrogen-bond acceptors (Lipinski definition) is 5. The highest BCUT2D eigenvalue weighted by molar-refractivity contribution is 5.90. The molecule has 7 nitrogen and oxygen atoms in total. The summed E-state index contributed by atoms with van der Waals surface area (Å²) < 4.78 is 6.30. The number of hydrogen-bond donors (Lipinski definition) is 2. The van der Waals surface area contributed by atoms with E-state index in [4.69, 9.17) is 10.5 Å². The molecule has 1 saturated heterocycles. The predicted molar refractivity (Wildman–Crippen MR) is 89.4 cm³/mol. The van der Waals surface area contributed by atoms with Gasteiger partial charge < -0.3 is 15.4 Å². The second kappa shape index (κ2) is 5.67. The van der Waals surface area contributed by atoms with Crippen molar-refractivity contribution in [1.82, 2.24) is 20.1 Å². The van der Waals surface area contributed by atoms with Crippen LogP contribution in [0.1, 0.15) is 35.4 Å². The number of ether oxygens (including phenoxy) is 1. The molecule has 1 fully saturated rings. The van der Waals surface area contributed by atoms with Crippen molar-refractivity contribution in [1.29, 1.82) is 0 Å². The Morgan fingerprint density at radius 2 is 2.17 bits per heavy atom. The highest BCUT2D eigenvalue weighted by Gasteiger charge is 2.36. The lowest BCUT2D eigenvalue weighted by Gasteiger charge is -2.34. The van der Waals surface area contributed by atoms with Gasteiger partial charge in [-0.3, -0.25) is 9.89 Å². The number of aromatic nitrogens is 3. The molecule has 4 rings (SSSR count). The van der Waals surface area contributed by atoms with Gasteiger partial charge in [-0.2, -0.15) is 4.98 Å². The Balaban J connectivity index is 1.50. The number of nitrogens with one attached hydrogen (secondary N) is 1. The number of anilines is 1. The number of nitrogen functional groups attached to an aromatic ring is 1. The largest absolute Gasteiger partial charge is 0.483 e. The van der Waals surface area contributed by atoms with Gasteiger partial charge in [0.1, 0.15) is 11.4 Å². The lowest BCUT2D eigenvalue weighted by Crippen LogP contribution is -2.38. The predicted octanol–water partition coefficient (Wildman–Crippen LogP) is 1.86. The van der Waals surface area contributed by atoms with E-state index in [1.54, 1.807) is 4.90 Å². The van der Waals surface area contributed by atoms with Gasteiger partial charge in [-0.05, 0) is 25.0 Å². The standard InChI is InChI=1S/C17H19N5O2/c18-16-19-14(20-21-16)15(23)22-10-3-7-17(9-11-22)8-6-12-4-1-2-5-13(12)24-17/h1-2,4-6,8H,3,7,9-11H2,(H3,18,19,20,21). The Morgan fingerprint density at radius 1 is 1.29 bits per heavy atom. The molecule has 7 heteroatoms. The molecule has 24 heavy (non-hydrogen) atoms. The van der Waals surface area contributed by atoms with E-state index in [-0.39, 0.29) is 23.3 Å². The fourth-order valence-electron chi connectivity index (χ4n) is 3.33. The average Bonchev–Trinajstić information content (AvgIpc) is 2.93. The summed E-state index contributed by atoms with van der Waals surface area (Å²) in [6.07, 6.45) is 6.73. The Bertz CT molecular complexity index is 800. The quantitative estimate of drug-likeness (QED) is 0.834. The summed E-state index contributed by atoms with van der Waals surface area (Å²) in [6, 6.07) is 8.01. The second-order valence-corrected chi connectivity index (χ2v) is 6.23. The molecule has 1 atom stereocenters. The van der Waals surface area contributed by atoms with Gasteiger partial charge in [0, 0.05) is 25.1 Å². The van der Waals surface area contributed by atoms with Crippen LogP contribution in [0.3, 0.4) is 0 Å². The molecule has 1 aromatic carbocycles. The molecule has 0 bridgehead atoms. The third-order valence-corrected chi connectivity index (χ3v) is 4.62. The minimum Gasteiger partial charge on any atom is -0.483 e. The van der Waals surface area contributed by atoms with Crippen LogP contribution in [-0.4, -0.2) is 44.7 Å². The Morgan fingerprint density at radius 3 is 3.00 bits per heavy atom. The fraction of sp³-hybridized carbons (Fsp3) is 0.353. The van der Waals surface area contributed by atoms with E-state index in [0.29, 0.717) is 13.1 Å². The molecule has 0 saturated carbocycles. The number of nitrogens with zero attached hydrogens (tertiary/aromatic N) is 3. The summed E-state index contributed by atoms with van der Waals surface area (Å²) in [5, 5.41) is 6.31. The smallest absolute Gasteiger partial charge is 0.291 e. The average molecular weight is 325 g/mol. The van der Waals surface area contributed by atoms with Crippen molar-refractivity contribution < 1.29 is 9.53 Å². The molecule has 2 aliphatic heterocycles. The van der Waals surface area contributed by atoms with Crippen LogP contribution in [0.4, 0.5) is 5.95 Å². The topological polar surface area (TPSA) is 97.1 Å². The molecule has 1 aromatic heterocycles. The van der Waals surface area contributed by atoms with Crippen molar-refractivity contribution in [2.24, 2.45) is 0 Å². The highest BCUT2D eigenvalue weighted by atomic mass is 16.5. The zero-order valence-corrected chi connectivity index (χ0v) is 13.2. The van der Waals surface area contributed by atoms with E-state index in [1.807, 2.05) is 24.3 Å². The normalized spacial score (nSPS) is 22.8. The summed E-state index contributed by atoms with van der Waals surface area (Å²) >= 11 is 0. The Hall–Kier alpha value is -2.83. The number of benzene rings is 1. The number of nitrogens with two attached hydrogens (primary N) is 1. The maximum Gasteiger partial charge on any atom is 0.291 e. The van der Waals surface area contributed by atoms with Crippen molar-refractivity contribution in [3.05, 3.63) is 41.7 Å². The fourth-order valence-corrected chi connectivity index (χ4v) is 3.33. The van der Waals surface area contributed by atoms with Gasteiger partial charge in [0.2, 0.25) is 11.8 Å². The summed E-state index contributed by atoms with van der Waals surface area (Å²) in [4.78, 5) is 18.2. The number of carbonyl (C=O) groups is 1. The number of para-hydroxylation sites is 1. The van der Waals surface area contributed by atoms with Crippen LogP contribution < -0.4 is 10.5 Å². The molecule has 3 heterocycles. The van der Waals surface area contributed by atoms with Crippen LogP contribution in [0.25, 0.3) is 6.08 Å². The lowest BCUT2D eigenvalue weighted by molar-refractivity contribution is 0.0719. The maximum atomic E-state index is 12.5. The molecule has 0 radical (unpaired) electrons. The first-order valence-corrected chi connectivity index (χ1v) is 8.10. The number of aromatic amines is 1. The van der Waals surface area contributed by atoms with E-state index in [0.717, 1.165) is 30.6 Å². The van der Waals surface area contributed by atoms with Gasteiger partial charge in [0.15, 0.2) is 0 Å². The first kappa shape index (κ1) is 14.7. The molecule has 3 N–H and O–H groups in total. The zero-order valence-electron chi connectivity index (χ0n) is 13.2. The van der Waals surface area contributed by atoms with Crippen molar-refractivity contribution >= 4 is 17.9 Å². The Labute approximate surface area is 139 Å². The Kier molecular flexibility index (Phi) is 3.48. The zero-order chi connectivity index (χ0) is 16.6. The maximum absolute atomic E-state index is 12.5. The van der Waals surface area contributed by atoms with Crippen molar-refractivity contribution in [2.45, 2.75) is 24.9 Å². The van der Waals surface area contributed by atoms with Crippen LogP contribution >= 0.6 is 0 Å². The van der Waals surface area contributed by atoms with Gasteiger partial charge >= 0.3 is 0 Å². The summed E-state index contributed by atoms with van der Waals surface area (Å²) in [5.41, 5.74) is 6.23. The van der Waals surface area contributed by atoms with Crippen LogP contribution in [-0.2, 0) is 0 Å². The van der Waals surface area contributed by atoms with Gasteiger partial charge in [0.05, 0.1) is 0 Å². The summed E-state index contributed by atoms with van der Waals surface area (Å²) in [5.74, 6) is 1.01. The van der Waals surface area contributed by atoms with Crippen LogP contribution in [0.15, 0.2) is 30.3 Å². The number of H-pyrrole nitrogens is 1. The molecule has 1 spiro atoms. The summed E-state index contributed by atoms with van der Waals surface area (Å²) in [7, 11) is 0. The molecule has 2 aliphatic rings. The number of fused-ring (bicyclic) bond motifs is 1. The van der Waals surface area contributed by atoms with E-state index in [9.17, 15) is 4.79 Å². The SMILES string of the molecule is Nc1n[nH]c(C(=O)N2CCCC3(C=Cc4ccccc4O3)CC2)n1. The number of carbonyl (C=O) groups excluding carboxylic acids is 1. The van der Waals surface area contributed by atoms with E-state index < -0.39 is 0 Å². The van der Waals surface area contributed by atoms with Crippen molar-refractivity contribution in [3.63, 3.8) is 0 Å². The van der Waals surface area contributed by atoms with Gasteiger partial charge in [0.25, 0.3) is 5.91 Å². The molecule has 124 valence electrons. The third kappa shape index (κ3) is 2.62. The second-order valence-electron chi connectivity index (χ2n) is 6.23. The molecule has 0 aliphatic carbocycles. The minimum absolute atomic E-state index is 0.0831.